The molecule has 0 fully saturated rings. The summed E-state index contributed by atoms with van der Waals surface area (Å²) in [6.45, 7) is 7.86. The highest BCUT2D eigenvalue weighted by molar-refractivity contribution is 7.89. The van der Waals surface area contributed by atoms with Crippen LogP contribution < -0.4 is 10.0 Å². The Morgan fingerprint density at radius 3 is 2.45 bits per heavy atom. The maximum absolute atomic E-state index is 12.1. The van der Waals surface area contributed by atoms with Crippen molar-refractivity contribution in [3.63, 3.8) is 0 Å². The Kier molecular flexibility index (Phi) is 5.71. The molecule has 5 nitrogen and oxygen atoms in total. The van der Waals surface area contributed by atoms with Gasteiger partial charge in [-0.25, -0.2) is 13.1 Å². The number of benzene rings is 1. The van der Waals surface area contributed by atoms with E-state index in [1.807, 2.05) is 20.8 Å². The summed E-state index contributed by atoms with van der Waals surface area (Å²) in [5, 5.41) is 2.66. The molecule has 0 aliphatic heterocycles. The first-order valence-electron chi connectivity index (χ1n) is 6.56. The second-order valence-electron chi connectivity index (χ2n) is 5.29. The predicted molar refractivity (Wildman–Crippen MR) is 79.0 cm³/mol. The van der Waals surface area contributed by atoms with Crippen molar-refractivity contribution in [2.75, 3.05) is 13.1 Å². The molecule has 0 aliphatic rings. The van der Waals surface area contributed by atoms with Gasteiger partial charge in [0.2, 0.25) is 15.9 Å². The summed E-state index contributed by atoms with van der Waals surface area (Å²) in [5.41, 5.74) is 1.66. The van der Waals surface area contributed by atoms with E-state index in [2.05, 4.69) is 10.0 Å². The fraction of sp³-hybridized carbons (Fsp3) is 0.500. The molecule has 0 bridgehead atoms. The van der Waals surface area contributed by atoms with E-state index in [0.717, 1.165) is 5.56 Å². The fourth-order valence-electron chi connectivity index (χ4n) is 1.72. The molecule has 0 aromatic heterocycles. The first-order valence-corrected chi connectivity index (χ1v) is 8.04. The fourth-order valence-corrected chi connectivity index (χ4v) is 2.93. The van der Waals surface area contributed by atoms with E-state index in [4.69, 9.17) is 0 Å². The molecule has 1 aromatic carbocycles. The van der Waals surface area contributed by atoms with Gasteiger partial charge in [-0.2, -0.15) is 0 Å². The molecule has 1 amide bonds. The highest BCUT2D eigenvalue weighted by Crippen LogP contribution is 2.15. The molecule has 0 radical (unpaired) electrons. The van der Waals surface area contributed by atoms with Crippen molar-refractivity contribution in [1.82, 2.24) is 10.0 Å². The molecule has 0 atom stereocenters. The number of aryl methyl sites for hydroxylation is 2. The molecule has 0 aliphatic carbocycles. The summed E-state index contributed by atoms with van der Waals surface area (Å²) in [5.74, 6) is 0.00180. The molecular weight excluding hydrogens is 276 g/mol. The van der Waals surface area contributed by atoms with Crippen LogP contribution in [0.2, 0.25) is 0 Å². The highest BCUT2D eigenvalue weighted by Gasteiger charge is 2.17. The van der Waals surface area contributed by atoms with E-state index in [9.17, 15) is 13.2 Å². The lowest BCUT2D eigenvalue weighted by atomic mass is 10.2. The summed E-state index contributed by atoms with van der Waals surface area (Å²) in [6.07, 6.45) is 0. The van der Waals surface area contributed by atoms with Gasteiger partial charge in [0, 0.05) is 6.54 Å². The third-order valence-corrected chi connectivity index (χ3v) is 4.31. The maximum atomic E-state index is 12.1. The zero-order chi connectivity index (χ0) is 15.3. The van der Waals surface area contributed by atoms with Crippen molar-refractivity contribution in [1.29, 1.82) is 0 Å². The average Bonchev–Trinajstić information content (AvgIpc) is 2.33. The smallest absolute Gasteiger partial charge is 0.241 e. The third-order valence-electron chi connectivity index (χ3n) is 2.75. The first kappa shape index (κ1) is 16.7. The normalized spacial score (nSPS) is 11.7. The van der Waals surface area contributed by atoms with Crippen LogP contribution in [0.1, 0.15) is 25.0 Å². The van der Waals surface area contributed by atoms with E-state index in [0.29, 0.717) is 18.0 Å². The van der Waals surface area contributed by atoms with Gasteiger partial charge in [0.1, 0.15) is 0 Å². The Labute approximate surface area is 120 Å². The second-order valence-corrected chi connectivity index (χ2v) is 7.03. The minimum Gasteiger partial charge on any atom is -0.355 e. The van der Waals surface area contributed by atoms with Gasteiger partial charge in [-0.15, -0.1) is 0 Å². The molecular formula is C14H22N2O3S. The summed E-state index contributed by atoms with van der Waals surface area (Å²) in [7, 11) is -3.65. The maximum Gasteiger partial charge on any atom is 0.241 e. The zero-order valence-corrected chi connectivity index (χ0v) is 13.2. The summed E-state index contributed by atoms with van der Waals surface area (Å²) >= 11 is 0. The van der Waals surface area contributed by atoms with Crippen molar-refractivity contribution >= 4 is 15.9 Å². The molecule has 0 unspecified atom stereocenters. The van der Waals surface area contributed by atoms with Gasteiger partial charge in [0.05, 0.1) is 11.4 Å². The van der Waals surface area contributed by atoms with Crippen molar-refractivity contribution in [3.05, 3.63) is 29.3 Å². The Morgan fingerprint density at radius 1 is 1.25 bits per heavy atom. The van der Waals surface area contributed by atoms with E-state index in [-0.39, 0.29) is 17.3 Å². The molecule has 6 heteroatoms. The van der Waals surface area contributed by atoms with Crippen molar-refractivity contribution in [2.45, 2.75) is 32.6 Å². The van der Waals surface area contributed by atoms with Crippen LogP contribution in [0, 0.1) is 19.8 Å². The van der Waals surface area contributed by atoms with Gasteiger partial charge >= 0.3 is 0 Å². The molecule has 1 aromatic rings. The number of hydrogen-bond acceptors (Lipinski definition) is 3. The first-order chi connectivity index (χ1) is 9.22. The average molecular weight is 298 g/mol. The lowest BCUT2D eigenvalue weighted by Crippen LogP contribution is -2.38. The SMILES string of the molecule is Cc1ccc(S(=O)(=O)NCC(=O)NCC(C)C)c(C)c1. The monoisotopic (exact) mass is 298 g/mol. The Morgan fingerprint density at radius 2 is 1.90 bits per heavy atom. The molecule has 0 saturated heterocycles. The van der Waals surface area contributed by atoms with Gasteiger partial charge in [-0.1, -0.05) is 31.5 Å². The second kappa shape index (κ2) is 6.85. The molecule has 112 valence electrons. The lowest BCUT2D eigenvalue weighted by molar-refractivity contribution is -0.120. The number of carbonyl (C=O) groups is 1. The number of amides is 1. The quantitative estimate of drug-likeness (QED) is 0.832. The number of sulfonamides is 1. The largest absolute Gasteiger partial charge is 0.355 e. The number of nitrogens with one attached hydrogen (secondary N) is 2. The van der Waals surface area contributed by atoms with Crippen LogP contribution in [0.25, 0.3) is 0 Å². The molecule has 0 saturated carbocycles. The molecule has 0 spiro atoms. The Hall–Kier alpha value is -1.40. The summed E-state index contributed by atoms with van der Waals surface area (Å²) < 4.78 is 26.6. The molecule has 0 heterocycles. The van der Waals surface area contributed by atoms with Crippen LogP contribution >= 0.6 is 0 Å². The van der Waals surface area contributed by atoms with Crippen LogP contribution in [0.4, 0.5) is 0 Å². The topological polar surface area (TPSA) is 75.3 Å². The van der Waals surface area contributed by atoms with Crippen LogP contribution in [-0.2, 0) is 14.8 Å². The zero-order valence-electron chi connectivity index (χ0n) is 12.4. The van der Waals surface area contributed by atoms with Gasteiger partial charge in [0.25, 0.3) is 0 Å². The van der Waals surface area contributed by atoms with E-state index in [1.165, 1.54) is 0 Å². The predicted octanol–water partition coefficient (Wildman–Crippen LogP) is 1.35. The Balaban J connectivity index is 2.68. The number of rotatable bonds is 6. The standard InChI is InChI=1S/C14H22N2O3S/c1-10(2)8-15-14(17)9-16-20(18,19)13-6-5-11(3)7-12(13)4/h5-7,10,16H,8-9H2,1-4H3,(H,15,17). The van der Waals surface area contributed by atoms with Crippen LogP contribution in [0.3, 0.4) is 0 Å². The number of carbonyl (C=O) groups excluding carboxylic acids is 1. The van der Waals surface area contributed by atoms with Crippen molar-refractivity contribution in [3.8, 4) is 0 Å². The van der Waals surface area contributed by atoms with Crippen molar-refractivity contribution in [2.24, 2.45) is 5.92 Å². The molecule has 1 rings (SSSR count). The lowest BCUT2D eigenvalue weighted by Gasteiger charge is -2.11. The van der Waals surface area contributed by atoms with Gasteiger partial charge in [-0.3, -0.25) is 4.79 Å². The third kappa shape index (κ3) is 4.94. The van der Waals surface area contributed by atoms with Crippen LogP contribution in [0.15, 0.2) is 23.1 Å². The Bertz CT molecular complexity index is 580. The van der Waals surface area contributed by atoms with Crippen LogP contribution in [0.5, 0.6) is 0 Å². The van der Waals surface area contributed by atoms with Crippen LogP contribution in [-0.4, -0.2) is 27.4 Å². The minimum atomic E-state index is -3.65. The highest BCUT2D eigenvalue weighted by atomic mass is 32.2. The van der Waals surface area contributed by atoms with Crippen molar-refractivity contribution < 1.29 is 13.2 Å². The summed E-state index contributed by atoms with van der Waals surface area (Å²) in [6, 6.07) is 5.09. The minimum absolute atomic E-state index is 0.208. The van der Waals surface area contributed by atoms with Gasteiger partial charge in [-0.05, 0) is 31.4 Å². The van der Waals surface area contributed by atoms with E-state index in [1.54, 1.807) is 25.1 Å². The molecule has 2 N–H and O–H groups in total. The van der Waals surface area contributed by atoms with E-state index < -0.39 is 10.0 Å². The number of hydrogen-bond donors (Lipinski definition) is 2. The molecule has 20 heavy (non-hydrogen) atoms. The van der Waals surface area contributed by atoms with E-state index >= 15 is 0 Å². The van der Waals surface area contributed by atoms with Gasteiger partial charge < -0.3 is 5.32 Å². The summed E-state index contributed by atoms with van der Waals surface area (Å²) in [4.78, 5) is 11.7. The van der Waals surface area contributed by atoms with Gasteiger partial charge in [0.15, 0.2) is 0 Å².